The zero-order chi connectivity index (χ0) is 17.6. The van der Waals surface area contributed by atoms with Gasteiger partial charge in [-0.15, -0.1) is 0 Å². The predicted molar refractivity (Wildman–Crippen MR) is 87.8 cm³/mol. The van der Waals surface area contributed by atoms with Crippen LogP contribution in [0.15, 0.2) is 30.6 Å². The SMILES string of the molecule is C[C@H](c1ccc(Cl)cc1Cl)n1cc(C(F)(F)F)c2ncc(Cl)nc21. The normalized spacial score (nSPS) is 13.5. The summed E-state index contributed by atoms with van der Waals surface area (Å²) in [6, 6.07) is 4.28. The van der Waals surface area contributed by atoms with Gasteiger partial charge in [0.25, 0.3) is 0 Å². The molecule has 0 aliphatic rings. The molecule has 1 atom stereocenters. The van der Waals surface area contributed by atoms with Gasteiger partial charge in [0.1, 0.15) is 16.2 Å². The highest BCUT2D eigenvalue weighted by atomic mass is 35.5. The Morgan fingerprint density at radius 3 is 2.50 bits per heavy atom. The first-order valence-electron chi connectivity index (χ1n) is 6.73. The summed E-state index contributed by atoms with van der Waals surface area (Å²) in [7, 11) is 0. The zero-order valence-corrected chi connectivity index (χ0v) is 14.3. The van der Waals surface area contributed by atoms with Crippen molar-refractivity contribution in [1.29, 1.82) is 0 Å². The van der Waals surface area contributed by atoms with E-state index in [1.54, 1.807) is 19.1 Å². The largest absolute Gasteiger partial charge is 0.420 e. The summed E-state index contributed by atoms with van der Waals surface area (Å²) >= 11 is 17.8. The van der Waals surface area contributed by atoms with Crippen LogP contribution in [-0.2, 0) is 6.18 Å². The molecule has 0 N–H and O–H groups in total. The molecular weight excluding hydrogens is 386 g/mol. The number of nitrogens with zero attached hydrogens (tertiary/aromatic N) is 3. The van der Waals surface area contributed by atoms with Gasteiger partial charge in [-0.2, -0.15) is 13.2 Å². The lowest BCUT2D eigenvalue weighted by atomic mass is 10.1. The minimum Gasteiger partial charge on any atom is -0.323 e. The third kappa shape index (κ3) is 3.06. The Morgan fingerprint density at radius 2 is 1.88 bits per heavy atom. The van der Waals surface area contributed by atoms with Crippen molar-refractivity contribution < 1.29 is 13.2 Å². The first kappa shape index (κ1) is 17.3. The van der Waals surface area contributed by atoms with Gasteiger partial charge in [-0.3, -0.25) is 0 Å². The summed E-state index contributed by atoms with van der Waals surface area (Å²) < 4.78 is 41.2. The van der Waals surface area contributed by atoms with Gasteiger partial charge < -0.3 is 4.57 Å². The van der Waals surface area contributed by atoms with E-state index in [0.29, 0.717) is 15.6 Å². The van der Waals surface area contributed by atoms with Gasteiger partial charge >= 0.3 is 6.18 Å². The van der Waals surface area contributed by atoms with Crippen LogP contribution in [0.25, 0.3) is 11.2 Å². The molecular formula is C15H9Cl3F3N3. The summed E-state index contributed by atoms with van der Waals surface area (Å²) in [4.78, 5) is 7.79. The van der Waals surface area contributed by atoms with Crippen molar-refractivity contribution in [3.63, 3.8) is 0 Å². The molecule has 0 unspecified atom stereocenters. The van der Waals surface area contributed by atoms with Crippen LogP contribution in [0.1, 0.15) is 24.1 Å². The Morgan fingerprint density at radius 1 is 1.17 bits per heavy atom. The van der Waals surface area contributed by atoms with Crippen LogP contribution in [0.5, 0.6) is 0 Å². The van der Waals surface area contributed by atoms with E-state index in [1.807, 2.05) is 0 Å². The third-order valence-electron chi connectivity index (χ3n) is 3.63. The maximum atomic E-state index is 13.3. The summed E-state index contributed by atoms with van der Waals surface area (Å²) in [6.45, 7) is 1.71. The van der Waals surface area contributed by atoms with Crippen molar-refractivity contribution in [3.05, 3.63) is 56.9 Å². The maximum Gasteiger partial charge on any atom is 0.420 e. The molecule has 24 heavy (non-hydrogen) atoms. The van der Waals surface area contributed by atoms with Crippen LogP contribution in [0.4, 0.5) is 13.2 Å². The molecule has 0 spiro atoms. The molecule has 3 rings (SSSR count). The van der Waals surface area contributed by atoms with Gasteiger partial charge in [-0.05, 0) is 24.6 Å². The number of rotatable bonds is 2. The van der Waals surface area contributed by atoms with Gasteiger partial charge in [-0.25, -0.2) is 9.97 Å². The second-order valence-corrected chi connectivity index (χ2v) is 6.39. The number of alkyl halides is 3. The van der Waals surface area contributed by atoms with Crippen LogP contribution >= 0.6 is 34.8 Å². The van der Waals surface area contributed by atoms with Gasteiger partial charge in [0.15, 0.2) is 5.65 Å². The molecule has 2 aromatic heterocycles. The number of halogens is 6. The highest BCUT2D eigenvalue weighted by molar-refractivity contribution is 6.35. The van der Waals surface area contributed by atoms with Crippen LogP contribution in [0.3, 0.4) is 0 Å². The summed E-state index contributed by atoms with van der Waals surface area (Å²) in [5.74, 6) is 0. The topological polar surface area (TPSA) is 30.7 Å². The van der Waals surface area contributed by atoms with E-state index in [9.17, 15) is 13.2 Å². The summed E-state index contributed by atoms with van der Waals surface area (Å²) in [6.07, 6.45) is -2.50. The van der Waals surface area contributed by atoms with Crippen molar-refractivity contribution in [2.24, 2.45) is 0 Å². The Labute approximate surface area is 150 Å². The molecule has 0 saturated carbocycles. The molecule has 0 aliphatic carbocycles. The van der Waals surface area contributed by atoms with Crippen molar-refractivity contribution in [3.8, 4) is 0 Å². The number of fused-ring (bicyclic) bond motifs is 1. The molecule has 126 valence electrons. The van der Waals surface area contributed by atoms with Crippen molar-refractivity contribution >= 4 is 46.0 Å². The summed E-state index contributed by atoms with van der Waals surface area (Å²) in [5, 5.41) is 0.789. The molecule has 1 aromatic carbocycles. The van der Waals surface area contributed by atoms with E-state index in [4.69, 9.17) is 34.8 Å². The van der Waals surface area contributed by atoms with Crippen LogP contribution in [0, 0.1) is 0 Å². The van der Waals surface area contributed by atoms with E-state index in [0.717, 1.165) is 12.4 Å². The predicted octanol–water partition coefficient (Wildman–Crippen LogP) is 6.02. The molecule has 0 amide bonds. The Kier molecular flexibility index (Phi) is 4.40. The van der Waals surface area contributed by atoms with E-state index in [1.165, 1.54) is 10.6 Å². The van der Waals surface area contributed by atoms with E-state index < -0.39 is 17.8 Å². The average Bonchev–Trinajstić information content (AvgIpc) is 2.85. The van der Waals surface area contributed by atoms with Crippen molar-refractivity contribution in [2.45, 2.75) is 19.1 Å². The number of aromatic nitrogens is 3. The Bertz CT molecular complexity index is 921. The fourth-order valence-electron chi connectivity index (χ4n) is 2.48. The zero-order valence-electron chi connectivity index (χ0n) is 12.1. The van der Waals surface area contributed by atoms with E-state index in [-0.39, 0.29) is 16.3 Å². The molecule has 3 aromatic rings. The lowest BCUT2D eigenvalue weighted by Crippen LogP contribution is -2.08. The smallest absolute Gasteiger partial charge is 0.323 e. The quantitative estimate of drug-likeness (QED) is 0.532. The van der Waals surface area contributed by atoms with Crippen LogP contribution in [0.2, 0.25) is 15.2 Å². The number of hydrogen-bond donors (Lipinski definition) is 0. The molecule has 3 nitrogen and oxygen atoms in total. The van der Waals surface area contributed by atoms with Crippen LogP contribution in [-0.4, -0.2) is 14.5 Å². The third-order valence-corrected chi connectivity index (χ3v) is 4.37. The van der Waals surface area contributed by atoms with Gasteiger partial charge in [-0.1, -0.05) is 40.9 Å². The van der Waals surface area contributed by atoms with Gasteiger partial charge in [0, 0.05) is 16.2 Å². The number of benzene rings is 1. The lowest BCUT2D eigenvalue weighted by molar-refractivity contribution is -0.136. The fourth-order valence-corrected chi connectivity index (χ4v) is 3.18. The Balaban J connectivity index is 2.23. The molecule has 0 bridgehead atoms. The summed E-state index contributed by atoms with van der Waals surface area (Å²) in [5.41, 5.74) is -0.496. The van der Waals surface area contributed by atoms with E-state index >= 15 is 0 Å². The highest BCUT2D eigenvalue weighted by Gasteiger charge is 2.36. The highest BCUT2D eigenvalue weighted by Crippen LogP contribution is 2.38. The average molecular weight is 395 g/mol. The van der Waals surface area contributed by atoms with E-state index in [2.05, 4.69) is 9.97 Å². The molecule has 0 radical (unpaired) electrons. The minimum absolute atomic E-state index is 0.00461. The maximum absolute atomic E-state index is 13.3. The van der Waals surface area contributed by atoms with Gasteiger partial charge in [0.2, 0.25) is 0 Å². The van der Waals surface area contributed by atoms with Crippen molar-refractivity contribution in [2.75, 3.05) is 0 Å². The first-order chi connectivity index (χ1) is 11.2. The first-order valence-corrected chi connectivity index (χ1v) is 7.87. The molecule has 0 aliphatic heterocycles. The fraction of sp³-hybridized carbons (Fsp3) is 0.200. The molecule has 0 fully saturated rings. The minimum atomic E-state index is -4.56. The van der Waals surface area contributed by atoms with Crippen molar-refractivity contribution in [1.82, 2.24) is 14.5 Å². The van der Waals surface area contributed by atoms with Crippen LogP contribution < -0.4 is 0 Å². The molecule has 9 heteroatoms. The second kappa shape index (κ2) is 6.10. The standard InChI is InChI=1S/C15H9Cl3F3N3/c1-7(9-3-2-8(16)4-11(9)17)24-6-10(15(19,20)21)13-14(24)23-12(18)5-22-13/h2-7H,1H3/t7-/m1/s1. The second-order valence-electron chi connectivity index (χ2n) is 5.15. The molecule has 2 heterocycles. The number of hydrogen-bond acceptors (Lipinski definition) is 2. The molecule has 0 saturated heterocycles. The monoisotopic (exact) mass is 393 g/mol. The lowest BCUT2D eigenvalue weighted by Gasteiger charge is -2.16. The Hall–Kier alpha value is -1.50. The van der Waals surface area contributed by atoms with Gasteiger partial charge in [0.05, 0.1) is 12.2 Å².